The average molecular weight is 279 g/mol. The Morgan fingerprint density at radius 3 is 2.85 bits per heavy atom. The third-order valence-corrected chi connectivity index (χ3v) is 3.97. The number of furan rings is 1. The van der Waals surface area contributed by atoms with Gasteiger partial charge in [0.05, 0.1) is 12.3 Å². The van der Waals surface area contributed by atoms with E-state index in [4.69, 9.17) is 10.2 Å². The molecule has 1 amide bonds. The van der Waals surface area contributed by atoms with Gasteiger partial charge in [-0.15, -0.1) is 0 Å². The van der Waals surface area contributed by atoms with E-state index in [0.717, 1.165) is 25.3 Å². The van der Waals surface area contributed by atoms with Crippen LogP contribution >= 0.6 is 0 Å². The SMILES string of the molecule is CC(CCN)C(=O)NCC(c1ccco1)N1CCCC1. The molecule has 5 heteroatoms. The fourth-order valence-corrected chi connectivity index (χ4v) is 2.70. The number of nitrogens with one attached hydrogen (secondary N) is 1. The topological polar surface area (TPSA) is 71.5 Å². The van der Waals surface area contributed by atoms with Crippen molar-refractivity contribution in [3.63, 3.8) is 0 Å². The van der Waals surface area contributed by atoms with E-state index in [9.17, 15) is 4.79 Å². The first-order valence-corrected chi connectivity index (χ1v) is 7.47. The van der Waals surface area contributed by atoms with Gasteiger partial charge >= 0.3 is 0 Å². The molecule has 0 aromatic carbocycles. The second-order valence-electron chi connectivity index (χ2n) is 5.50. The Morgan fingerprint density at radius 1 is 1.50 bits per heavy atom. The molecule has 2 rings (SSSR count). The predicted molar refractivity (Wildman–Crippen MR) is 78.1 cm³/mol. The number of hydrogen-bond acceptors (Lipinski definition) is 4. The largest absolute Gasteiger partial charge is 0.468 e. The minimum absolute atomic E-state index is 0.0316. The molecule has 1 aromatic rings. The van der Waals surface area contributed by atoms with Crippen LogP contribution in [0.15, 0.2) is 22.8 Å². The molecule has 1 aliphatic rings. The van der Waals surface area contributed by atoms with E-state index in [-0.39, 0.29) is 17.9 Å². The van der Waals surface area contributed by atoms with Gasteiger partial charge in [-0.3, -0.25) is 9.69 Å². The van der Waals surface area contributed by atoms with E-state index in [0.29, 0.717) is 13.1 Å². The minimum Gasteiger partial charge on any atom is -0.468 e. The highest BCUT2D eigenvalue weighted by Crippen LogP contribution is 2.24. The highest BCUT2D eigenvalue weighted by atomic mass is 16.3. The first kappa shape index (κ1) is 15.1. The van der Waals surface area contributed by atoms with Crippen molar-refractivity contribution in [3.8, 4) is 0 Å². The van der Waals surface area contributed by atoms with Crippen LogP contribution in [0.1, 0.15) is 38.0 Å². The summed E-state index contributed by atoms with van der Waals surface area (Å²) in [5, 5.41) is 3.04. The molecule has 0 bridgehead atoms. The molecule has 2 atom stereocenters. The quantitative estimate of drug-likeness (QED) is 0.794. The van der Waals surface area contributed by atoms with Gasteiger partial charge in [-0.1, -0.05) is 6.92 Å². The molecule has 1 fully saturated rings. The zero-order chi connectivity index (χ0) is 14.4. The Kier molecular flexibility index (Phi) is 5.61. The van der Waals surface area contributed by atoms with Crippen LogP contribution in [-0.2, 0) is 4.79 Å². The maximum absolute atomic E-state index is 12.0. The molecule has 2 heterocycles. The molecule has 2 unspecified atom stereocenters. The monoisotopic (exact) mass is 279 g/mol. The first-order chi connectivity index (χ1) is 9.72. The van der Waals surface area contributed by atoms with Crippen molar-refractivity contribution in [2.75, 3.05) is 26.2 Å². The van der Waals surface area contributed by atoms with Crippen molar-refractivity contribution in [2.24, 2.45) is 11.7 Å². The Hall–Kier alpha value is -1.33. The summed E-state index contributed by atoms with van der Waals surface area (Å²) in [5.74, 6) is 0.973. The summed E-state index contributed by atoms with van der Waals surface area (Å²) in [6.07, 6.45) is 4.85. The van der Waals surface area contributed by atoms with Crippen LogP contribution in [0.4, 0.5) is 0 Å². The van der Waals surface area contributed by atoms with Crippen molar-refractivity contribution in [3.05, 3.63) is 24.2 Å². The van der Waals surface area contributed by atoms with Gasteiger partial charge in [-0.25, -0.2) is 0 Å². The van der Waals surface area contributed by atoms with Crippen LogP contribution in [-0.4, -0.2) is 37.0 Å². The molecule has 112 valence electrons. The van der Waals surface area contributed by atoms with E-state index in [1.165, 1.54) is 12.8 Å². The second kappa shape index (κ2) is 7.45. The lowest BCUT2D eigenvalue weighted by molar-refractivity contribution is -0.124. The molecule has 1 saturated heterocycles. The molecule has 1 aromatic heterocycles. The lowest BCUT2D eigenvalue weighted by Gasteiger charge is -2.26. The highest BCUT2D eigenvalue weighted by Gasteiger charge is 2.26. The molecular formula is C15H25N3O2. The Morgan fingerprint density at radius 2 is 2.25 bits per heavy atom. The van der Waals surface area contributed by atoms with Crippen LogP contribution in [0, 0.1) is 5.92 Å². The lowest BCUT2D eigenvalue weighted by atomic mass is 10.1. The highest BCUT2D eigenvalue weighted by molar-refractivity contribution is 5.78. The molecular weight excluding hydrogens is 254 g/mol. The van der Waals surface area contributed by atoms with Crippen LogP contribution in [0.3, 0.4) is 0 Å². The molecule has 3 N–H and O–H groups in total. The number of hydrogen-bond donors (Lipinski definition) is 2. The molecule has 0 radical (unpaired) electrons. The summed E-state index contributed by atoms with van der Waals surface area (Å²) < 4.78 is 5.54. The van der Waals surface area contributed by atoms with Crippen molar-refractivity contribution in [2.45, 2.75) is 32.2 Å². The van der Waals surface area contributed by atoms with Crippen LogP contribution < -0.4 is 11.1 Å². The van der Waals surface area contributed by atoms with E-state index in [2.05, 4.69) is 10.2 Å². The number of amides is 1. The molecule has 0 saturated carbocycles. The van der Waals surface area contributed by atoms with Crippen molar-refractivity contribution >= 4 is 5.91 Å². The number of rotatable bonds is 7. The van der Waals surface area contributed by atoms with E-state index >= 15 is 0 Å². The Balaban J connectivity index is 1.93. The normalized spacial score (nSPS) is 18.9. The lowest BCUT2D eigenvalue weighted by Crippen LogP contribution is -2.39. The average Bonchev–Trinajstić information content (AvgIpc) is 3.12. The summed E-state index contributed by atoms with van der Waals surface area (Å²) in [4.78, 5) is 14.4. The summed E-state index contributed by atoms with van der Waals surface area (Å²) in [6, 6.07) is 4.02. The van der Waals surface area contributed by atoms with Gasteiger partial charge in [0, 0.05) is 12.5 Å². The van der Waals surface area contributed by atoms with Crippen LogP contribution in [0.5, 0.6) is 0 Å². The van der Waals surface area contributed by atoms with Gasteiger partial charge < -0.3 is 15.5 Å². The maximum Gasteiger partial charge on any atom is 0.222 e. The van der Waals surface area contributed by atoms with Crippen molar-refractivity contribution in [1.82, 2.24) is 10.2 Å². The molecule has 0 aliphatic carbocycles. The first-order valence-electron chi connectivity index (χ1n) is 7.47. The van der Waals surface area contributed by atoms with E-state index in [1.807, 2.05) is 19.1 Å². The maximum atomic E-state index is 12.0. The fraction of sp³-hybridized carbons (Fsp3) is 0.667. The zero-order valence-corrected chi connectivity index (χ0v) is 12.2. The van der Waals surface area contributed by atoms with Gasteiger partial charge in [0.2, 0.25) is 5.91 Å². The van der Waals surface area contributed by atoms with E-state index < -0.39 is 0 Å². The van der Waals surface area contributed by atoms with Gasteiger partial charge in [0.1, 0.15) is 5.76 Å². The van der Waals surface area contributed by atoms with Crippen LogP contribution in [0.25, 0.3) is 0 Å². The number of nitrogens with zero attached hydrogens (tertiary/aromatic N) is 1. The summed E-state index contributed by atoms with van der Waals surface area (Å²) in [5.41, 5.74) is 5.50. The van der Waals surface area contributed by atoms with Crippen molar-refractivity contribution < 1.29 is 9.21 Å². The predicted octanol–water partition coefficient (Wildman–Crippen LogP) is 1.52. The molecule has 20 heavy (non-hydrogen) atoms. The van der Waals surface area contributed by atoms with E-state index in [1.54, 1.807) is 6.26 Å². The molecule has 5 nitrogen and oxygen atoms in total. The standard InChI is InChI=1S/C15H25N3O2/c1-12(6-7-16)15(19)17-11-13(14-5-4-10-20-14)18-8-2-3-9-18/h4-5,10,12-13H,2-3,6-9,11,16H2,1H3,(H,17,19). The number of likely N-dealkylation sites (tertiary alicyclic amines) is 1. The van der Waals surface area contributed by atoms with Gasteiger partial charge in [0.25, 0.3) is 0 Å². The zero-order valence-electron chi connectivity index (χ0n) is 12.2. The van der Waals surface area contributed by atoms with Crippen LogP contribution in [0.2, 0.25) is 0 Å². The number of carbonyl (C=O) groups excluding carboxylic acids is 1. The minimum atomic E-state index is -0.0316. The smallest absolute Gasteiger partial charge is 0.222 e. The number of carbonyl (C=O) groups is 1. The second-order valence-corrected chi connectivity index (χ2v) is 5.50. The summed E-state index contributed by atoms with van der Waals surface area (Å²) >= 11 is 0. The molecule has 1 aliphatic heterocycles. The van der Waals surface area contributed by atoms with Crippen molar-refractivity contribution in [1.29, 1.82) is 0 Å². The third kappa shape index (κ3) is 3.84. The Labute approximate surface area is 120 Å². The summed E-state index contributed by atoms with van der Waals surface area (Å²) in [7, 11) is 0. The summed E-state index contributed by atoms with van der Waals surface area (Å²) in [6.45, 7) is 5.20. The van der Waals surface area contributed by atoms with Gasteiger partial charge in [-0.05, 0) is 51.0 Å². The van der Waals surface area contributed by atoms with Gasteiger partial charge in [-0.2, -0.15) is 0 Å². The number of nitrogens with two attached hydrogens (primary N) is 1. The fourth-order valence-electron chi connectivity index (χ4n) is 2.70. The Bertz CT molecular complexity index is 399. The molecule has 0 spiro atoms. The van der Waals surface area contributed by atoms with Gasteiger partial charge in [0.15, 0.2) is 0 Å². The third-order valence-electron chi connectivity index (χ3n) is 3.97.